The number of nitrogens with one attached hydrogen (secondary N) is 1. The zero-order valence-electron chi connectivity index (χ0n) is 5.01. The summed E-state index contributed by atoms with van der Waals surface area (Å²) >= 11 is 1.17. The van der Waals surface area contributed by atoms with Gasteiger partial charge in [-0.15, -0.1) is 0 Å². The van der Waals surface area contributed by atoms with Crippen LogP contribution < -0.4 is 5.32 Å². The third kappa shape index (κ3) is 1.71. The van der Waals surface area contributed by atoms with E-state index in [1.54, 1.807) is 0 Å². The van der Waals surface area contributed by atoms with Crippen LogP contribution in [0.25, 0.3) is 0 Å². The van der Waals surface area contributed by atoms with Crippen molar-refractivity contribution < 1.29 is 9.59 Å². The standard InChI is InChI=1S/C5H7NO2S/c1-3(7)9-5-2-4(8)6-5/h5H,2H2,1H3,(H,6,8). The van der Waals surface area contributed by atoms with E-state index in [1.165, 1.54) is 18.7 Å². The highest BCUT2D eigenvalue weighted by Crippen LogP contribution is 2.18. The van der Waals surface area contributed by atoms with Crippen molar-refractivity contribution in [1.29, 1.82) is 0 Å². The molecule has 1 heterocycles. The predicted molar refractivity (Wildman–Crippen MR) is 34.8 cm³/mol. The summed E-state index contributed by atoms with van der Waals surface area (Å²) < 4.78 is 0. The minimum atomic E-state index is 0.0359. The Bertz CT molecular complexity index is 149. The summed E-state index contributed by atoms with van der Waals surface area (Å²) in [6.07, 6.45) is 0.490. The van der Waals surface area contributed by atoms with E-state index in [-0.39, 0.29) is 16.4 Å². The number of thioether (sulfide) groups is 1. The van der Waals surface area contributed by atoms with E-state index >= 15 is 0 Å². The Morgan fingerprint density at radius 1 is 1.89 bits per heavy atom. The molecule has 1 amide bonds. The van der Waals surface area contributed by atoms with Gasteiger partial charge in [-0.25, -0.2) is 0 Å². The normalized spacial score (nSPS) is 24.6. The molecular formula is C5H7NO2S. The quantitative estimate of drug-likeness (QED) is 0.533. The van der Waals surface area contributed by atoms with Gasteiger partial charge in [-0.1, -0.05) is 11.8 Å². The zero-order chi connectivity index (χ0) is 6.85. The number of hydrogen-bond acceptors (Lipinski definition) is 3. The number of β-lactam (4-membered cyclic amide) rings is 1. The third-order valence-electron chi connectivity index (χ3n) is 1.00. The maximum atomic E-state index is 10.4. The molecule has 0 aromatic heterocycles. The van der Waals surface area contributed by atoms with Crippen molar-refractivity contribution in [3.05, 3.63) is 0 Å². The van der Waals surface area contributed by atoms with Crippen molar-refractivity contribution in [3.8, 4) is 0 Å². The first-order valence-corrected chi connectivity index (χ1v) is 3.53. The molecule has 1 atom stereocenters. The third-order valence-corrected chi connectivity index (χ3v) is 1.90. The molecule has 1 aliphatic rings. The van der Waals surface area contributed by atoms with E-state index in [9.17, 15) is 9.59 Å². The Kier molecular flexibility index (Phi) is 1.75. The molecule has 0 bridgehead atoms. The van der Waals surface area contributed by atoms with Crippen LogP contribution in [0.3, 0.4) is 0 Å². The van der Waals surface area contributed by atoms with Crippen LogP contribution in [-0.4, -0.2) is 16.4 Å². The van der Waals surface area contributed by atoms with Gasteiger partial charge in [0, 0.05) is 6.92 Å². The van der Waals surface area contributed by atoms with Crippen LogP contribution in [-0.2, 0) is 9.59 Å². The molecule has 3 nitrogen and oxygen atoms in total. The van der Waals surface area contributed by atoms with Gasteiger partial charge >= 0.3 is 0 Å². The fourth-order valence-electron chi connectivity index (χ4n) is 0.598. The average molecular weight is 145 g/mol. The highest BCUT2D eigenvalue weighted by atomic mass is 32.2. The van der Waals surface area contributed by atoms with Crippen LogP contribution in [0.15, 0.2) is 0 Å². The fourth-order valence-corrected chi connectivity index (χ4v) is 1.42. The number of rotatable bonds is 1. The summed E-state index contributed by atoms with van der Waals surface area (Å²) in [5.41, 5.74) is 0. The molecule has 0 saturated carbocycles. The lowest BCUT2D eigenvalue weighted by Gasteiger charge is -2.24. The molecular weight excluding hydrogens is 138 g/mol. The molecule has 0 radical (unpaired) electrons. The van der Waals surface area contributed by atoms with Crippen molar-refractivity contribution in [1.82, 2.24) is 5.32 Å². The molecule has 1 N–H and O–H groups in total. The van der Waals surface area contributed by atoms with Gasteiger partial charge in [-0.05, 0) is 0 Å². The smallest absolute Gasteiger partial charge is 0.223 e. The Morgan fingerprint density at radius 2 is 2.44 bits per heavy atom. The monoisotopic (exact) mass is 145 g/mol. The van der Waals surface area contributed by atoms with E-state index < -0.39 is 0 Å². The van der Waals surface area contributed by atoms with Crippen molar-refractivity contribution in [2.75, 3.05) is 0 Å². The first-order valence-electron chi connectivity index (χ1n) is 2.65. The van der Waals surface area contributed by atoms with Crippen molar-refractivity contribution in [2.24, 2.45) is 0 Å². The van der Waals surface area contributed by atoms with E-state index in [1.807, 2.05) is 0 Å². The number of amides is 1. The largest absolute Gasteiger partial charge is 0.343 e. The summed E-state index contributed by atoms with van der Waals surface area (Å²) in [6.45, 7) is 1.50. The summed E-state index contributed by atoms with van der Waals surface area (Å²) in [7, 11) is 0. The van der Waals surface area contributed by atoms with Gasteiger partial charge in [0.1, 0.15) is 0 Å². The van der Waals surface area contributed by atoms with Gasteiger partial charge < -0.3 is 5.32 Å². The van der Waals surface area contributed by atoms with Gasteiger partial charge in [0.25, 0.3) is 0 Å². The summed E-state index contributed by atoms with van der Waals surface area (Å²) in [5.74, 6) is 0.0359. The lowest BCUT2D eigenvalue weighted by molar-refractivity contribution is -0.126. The molecule has 1 unspecified atom stereocenters. The summed E-state index contributed by atoms with van der Waals surface area (Å²) in [4.78, 5) is 20.6. The van der Waals surface area contributed by atoms with Gasteiger partial charge in [-0.3, -0.25) is 9.59 Å². The zero-order valence-corrected chi connectivity index (χ0v) is 5.83. The second-order valence-electron chi connectivity index (χ2n) is 1.87. The van der Waals surface area contributed by atoms with Crippen LogP contribution in [0.4, 0.5) is 0 Å². The maximum absolute atomic E-state index is 10.4. The second kappa shape index (κ2) is 2.39. The van der Waals surface area contributed by atoms with Crippen LogP contribution in [0, 0.1) is 0 Å². The van der Waals surface area contributed by atoms with Gasteiger partial charge in [0.15, 0.2) is 5.12 Å². The number of hydrogen-bond donors (Lipinski definition) is 1. The topological polar surface area (TPSA) is 46.2 Å². The summed E-state index contributed by atoms with van der Waals surface area (Å²) in [6, 6.07) is 0. The lowest BCUT2D eigenvalue weighted by Crippen LogP contribution is -2.46. The Balaban J connectivity index is 2.18. The fraction of sp³-hybridized carbons (Fsp3) is 0.600. The van der Waals surface area contributed by atoms with Crippen molar-refractivity contribution >= 4 is 22.8 Å². The minimum Gasteiger partial charge on any atom is -0.343 e. The molecule has 1 aliphatic heterocycles. The minimum absolute atomic E-state index is 0.0359. The molecule has 0 aromatic carbocycles. The number of carbonyl (C=O) groups excluding carboxylic acids is 2. The molecule has 0 spiro atoms. The van der Waals surface area contributed by atoms with E-state index in [0.717, 1.165) is 0 Å². The van der Waals surface area contributed by atoms with Crippen LogP contribution >= 0.6 is 11.8 Å². The van der Waals surface area contributed by atoms with Crippen molar-refractivity contribution in [3.63, 3.8) is 0 Å². The predicted octanol–water partition coefficient (Wildman–Crippen LogP) is 0.112. The van der Waals surface area contributed by atoms with Gasteiger partial charge in [0.05, 0.1) is 11.8 Å². The molecule has 4 heteroatoms. The molecule has 9 heavy (non-hydrogen) atoms. The Morgan fingerprint density at radius 3 is 2.78 bits per heavy atom. The highest BCUT2D eigenvalue weighted by Gasteiger charge is 2.26. The molecule has 0 aromatic rings. The van der Waals surface area contributed by atoms with Crippen LogP contribution in [0.1, 0.15) is 13.3 Å². The lowest BCUT2D eigenvalue weighted by atomic mass is 10.3. The molecule has 1 saturated heterocycles. The first-order chi connectivity index (χ1) is 4.18. The SMILES string of the molecule is CC(=O)SC1CC(=O)N1. The Hall–Kier alpha value is -0.510. The van der Waals surface area contributed by atoms with Crippen LogP contribution in [0.2, 0.25) is 0 Å². The molecule has 0 aliphatic carbocycles. The first kappa shape index (κ1) is 6.61. The Labute approximate surface area is 57.2 Å². The maximum Gasteiger partial charge on any atom is 0.223 e. The highest BCUT2D eigenvalue weighted by molar-refractivity contribution is 8.14. The van der Waals surface area contributed by atoms with E-state index in [2.05, 4.69) is 5.32 Å². The van der Waals surface area contributed by atoms with Gasteiger partial charge in [-0.2, -0.15) is 0 Å². The second-order valence-corrected chi connectivity index (χ2v) is 3.25. The molecule has 1 fully saturated rings. The average Bonchev–Trinajstić information content (AvgIpc) is 1.60. The van der Waals surface area contributed by atoms with Gasteiger partial charge in [0.2, 0.25) is 5.91 Å². The molecule has 50 valence electrons. The van der Waals surface area contributed by atoms with Crippen molar-refractivity contribution in [2.45, 2.75) is 18.7 Å². The van der Waals surface area contributed by atoms with E-state index in [4.69, 9.17) is 0 Å². The number of carbonyl (C=O) groups is 2. The molecule has 1 rings (SSSR count). The van der Waals surface area contributed by atoms with E-state index in [0.29, 0.717) is 6.42 Å². The summed E-state index contributed by atoms with van der Waals surface area (Å²) in [5, 5.41) is 2.68. The van der Waals surface area contributed by atoms with Crippen LogP contribution in [0.5, 0.6) is 0 Å².